The number of aryl methyl sites for hydroxylation is 1. The first-order valence-electron chi connectivity index (χ1n) is 6.64. The second-order valence-corrected chi connectivity index (χ2v) is 6.90. The highest BCUT2D eigenvalue weighted by Gasteiger charge is 2.16. The molecule has 1 aromatic rings. The lowest BCUT2D eigenvalue weighted by Gasteiger charge is -2.21. The Hall–Kier alpha value is -1.07. The Morgan fingerprint density at radius 2 is 2.05 bits per heavy atom. The number of benzene rings is 1. The van der Waals surface area contributed by atoms with Gasteiger partial charge in [0.25, 0.3) is 0 Å². The van der Waals surface area contributed by atoms with Gasteiger partial charge >= 0.3 is 6.09 Å². The molecule has 0 aliphatic heterocycles. The quantitative estimate of drug-likeness (QED) is 0.883. The van der Waals surface area contributed by atoms with Gasteiger partial charge in [-0.25, -0.2) is 4.79 Å². The molecule has 20 heavy (non-hydrogen) atoms. The number of nitrogens with one attached hydrogen (secondary N) is 1. The van der Waals surface area contributed by atoms with Gasteiger partial charge in [0, 0.05) is 17.1 Å². The second-order valence-electron chi connectivity index (χ2n) is 5.98. The van der Waals surface area contributed by atoms with Crippen LogP contribution in [-0.4, -0.2) is 24.3 Å². The van der Waals surface area contributed by atoms with Gasteiger partial charge in [-0.1, -0.05) is 22.0 Å². The highest BCUT2D eigenvalue weighted by atomic mass is 79.9. The zero-order valence-electron chi connectivity index (χ0n) is 12.5. The topological polar surface area (TPSA) is 64.3 Å². The number of ether oxygens (including phenoxy) is 1. The van der Waals surface area contributed by atoms with Gasteiger partial charge in [-0.2, -0.15) is 0 Å². The van der Waals surface area contributed by atoms with E-state index < -0.39 is 11.7 Å². The van der Waals surface area contributed by atoms with E-state index in [2.05, 4.69) is 27.3 Å². The summed E-state index contributed by atoms with van der Waals surface area (Å²) >= 11 is 3.47. The van der Waals surface area contributed by atoms with Gasteiger partial charge in [0.1, 0.15) is 5.60 Å². The van der Waals surface area contributed by atoms with Crippen molar-refractivity contribution in [1.29, 1.82) is 0 Å². The van der Waals surface area contributed by atoms with Crippen molar-refractivity contribution >= 4 is 22.0 Å². The van der Waals surface area contributed by atoms with Gasteiger partial charge in [-0.15, -0.1) is 0 Å². The molecular formula is C15H23BrN2O2. The lowest BCUT2D eigenvalue weighted by atomic mass is 10.0. The van der Waals surface area contributed by atoms with Crippen molar-refractivity contribution in [2.45, 2.75) is 45.8 Å². The summed E-state index contributed by atoms with van der Waals surface area (Å²) in [6, 6.07) is 6.04. The average Bonchev–Trinajstić information content (AvgIpc) is 2.22. The molecule has 0 saturated heterocycles. The maximum Gasteiger partial charge on any atom is 0.407 e. The van der Waals surface area contributed by atoms with E-state index in [1.165, 1.54) is 5.56 Å². The van der Waals surface area contributed by atoms with E-state index in [0.29, 0.717) is 13.0 Å². The van der Waals surface area contributed by atoms with Crippen LogP contribution in [0, 0.1) is 6.92 Å². The third-order valence-corrected chi connectivity index (χ3v) is 2.97. The van der Waals surface area contributed by atoms with E-state index in [-0.39, 0.29) is 6.04 Å². The SMILES string of the molecule is Cc1cc(Br)cc(CC(N)CNC(=O)OC(C)(C)C)c1. The maximum absolute atomic E-state index is 11.5. The first kappa shape index (κ1) is 17.0. The molecule has 0 aliphatic carbocycles. The van der Waals surface area contributed by atoms with Crippen LogP contribution in [0.3, 0.4) is 0 Å². The molecule has 5 heteroatoms. The minimum Gasteiger partial charge on any atom is -0.444 e. The number of hydrogen-bond donors (Lipinski definition) is 2. The van der Waals surface area contributed by atoms with Gasteiger partial charge in [-0.05, 0) is 57.4 Å². The Kier molecular flexibility index (Phi) is 6.02. The first-order valence-corrected chi connectivity index (χ1v) is 7.43. The highest BCUT2D eigenvalue weighted by Crippen LogP contribution is 2.16. The maximum atomic E-state index is 11.5. The largest absolute Gasteiger partial charge is 0.444 e. The molecule has 1 aromatic carbocycles. The fourth-order valence-electron chi connectivity index (χ4n) is 1.83. The zero-order valence-corrected chi connectivity index (χ0v) is 14.1. The molecule has 0 aliphatic rings. The van der Waals surface area contributed by atoms with Crippen LogP contribution in [0.5, 0.6) is 0 Å². The molecule has 0 heterocycles. The fraction of sp³-hybridized carbons (Fsp3) is 0.533. The smallest absolute Gasteiger partial charge is 0.407 e. The molecule has 0 spiro atoms. The van der Waals surface area contributed by atoms with Gasteiger partial charge in [0.05, 0.1) is 0 Å². The third-order valence-electron chi connectivity index (χ3n) is 2.51. The van der Waals surface area contributed by atoms with Crippen LogP contribution in [0.4, 0.5) is 4.79 Å². The number of nitrogens with two attached hydrogens (primary N) is 1. The van der Waals surface area contributed by atoms with E-state index >= 15 is 0 Å². The van der Waals surface area contributed by atoms with Crippen molar-refractivity contribution in [2.24, 2.45) is 5.73 Å². The predicted molar refractivity (Wildman–Crippen MR) is 84.8 cm³/mol. The number of halogens is 1. The van der Waals surface area contributed by atoms with Crippen molar-refractivity contribution in [3.8, 4) is 0 Å². The lowest BCUT2D eigenvalue weighted by molar-refractivity contribution is 0.0524. The molecule has 1 unspecified atom stereocenters. The normalized spacial score (nSPS) is 12.9. The number of carbonyl (C=O) groups excluding carboxylic acids is 1. The minimum atomic E-state index is -0.490. The Bertz CT molecular complexity index is 449. The number of alkyl carbamates (subject to hydrolysis) is 1. The van der Waals surface area contributed by atoms with E-state index in [1.807, 2.05) is 39.8 Å². The van der Waals surface area contributed by atoms with Crippen LogP contribution in [0.25, 0.3) is 0 Å². The number of rotatable bonds is 4. The van der Waals surface area contributed by atoms with Crippen LogP contribution in [-0.2, 0) is 11.2 Å². The molecule has 3 N–H and O–H groups in total. The molecule has 112 valence electrons. The fourth-order valence-corrected chi connectivity index (χ4v) is 2.49. The van der Waals surface area contributed by atoms with Gasteiger partial charge in [0.15, 0.2) is 0 Å². The standard InChI is InChI=1S/C15H23BrN2O2/c1-10-5-11(7-12(16)6-10)8-13(17)9-18-14(19)20-15(2,3)4/h5-7,13H,8-9,17H2,1-4H3,(H,18,19). The summed E-state index contributed by atoms with van der Waals surface area (Å²) < 4.78 is 6.20. The molecule has 1 amide bonds. The summed E-state index contributed by atoms with van der Waals surface area (Å²) in [5.41, 5.74) is 7.87. The molecule has 4 nitrogen and oxygen atoms in total. The van der Waals surface area contributed by atoms with Crippen molar-refractivity contribution in [1.82, 2.24) is 5.32 Å². The molecule has 0 fully saturated rings. The van der Waals surface area contributed by atoms with Gasteiger partial charge < -0.3 is 15.8 Å². The van der Waals surface area contributed by atoms with Crippen molar-refractivity contribution in [3.05, 3.63) is 33.8 Å². The molecular weight excluding hydrogens is 320 g/mol. The summed E-state index contributed by atoms with van der Waals surface area (Å²) in [6.07, 6.45) is 0.272. The van der Waals surface area contributed by atoms with E-state index in [1.54, 1.807) is 0 Å². The second kappa shape index (κ2) is 7.09. The zero-order chi connectivity index (χ0) is 15.3. The van der Waals surface area contributed by atoms with Gasteiger partial charge in [-0.3, -0.25) is 0 Å². The Morgan fingerprint density at radius 1 is 1.40 bits per heavy atom. The average molecular weight is 343 g/mol. The number of carbonyl (C=O) groups is 1. The van der Waals surface area contributed by atoms with E-state index in [4.69, 9.17) is 10.5 Å². The van der Waals surface area contributed by atoms with E-state index in [9.17, 15) is 4.79 Å². The third kappa shape index (κ3) is 6.91. The Labute approximate surface area is 129 Å². The van der Waals surface area contributed by atoms with Crippen LogP contribution in [0.15, 0.2) is 22.7 Å². The number of amides is 1. The minimum absolute atomic E-state index is 0.142. The molecule has 0 aromatic heterocycles. The van der Waals surface area contributed by atoms with Gasteiger partial charge in [0.2, 0.25) is 0 Å². The van der Waals surface area contributed by atoms with Crippen molar-refractivity contribution in [3.63, 3.8) is 0 Å². The summed E-state index contributed by atoms with van der Waals surface area (Å²) in [7, 11) is 0. The first-order chi connectivity index (χ1) is 9.15. The van der Waals surface area contributed by atoms with Crippen LogP contribution < -0.4 is 11.1 Å². The van der Waals surface area contributed by atoms with Crippen LogP contribution in [0.2, 0.25) is 0 Å². The summed E-state index contributed by atoms with van der Waals surface area (Å²) in [4.78, 5) is 11.5. The lowest BCUT2D eigenvalue weighted by Crippen LogP contribution is -2.41. The molecule has 1 rings (SSSR count). The highest BCUT2D eigenvalue weighted by molar-refractivity contribution is 9.10. The summed E-state index contributed by atoms with van der Waals surface area (Å²) in [5, 5.41) is 2.69. The monoisotopic (exact) mass is 342 g/mol. The molecule has 0 radical (unpaired) electrons. The van der Waals surface area contributed by atoms with E-state index in [0.717, 1.165) is 10.0 Å². The summed E-state index contributed by atoms with van der Waals surface area (Å²) in [5.74, 6) is 0. The van der Waals surface area contributed by atoms with Crippen molar-refractivity contribution in [2.75, 3.05) is 6.54 Å². The Balaban J connectivity index is 2.44. The van der Waals surface area contributed by atoms with Crippen LogP contribution in [0.1, 0.15) is 31.9 Å². The summed E-state index contributed by atoms with van der Waals surface area (Å²) in [6.45, 7) is 7.92. The van der Waals surface area contributed by atoms with Crippen LogP contribution >= 0.6 is 15.9 Å². The van der Waals surface area contributed by atoms with Crippen molar-refractivity contribution < 1.29 is 9.53 Å². The molecule has 0 bridgehead atoms. The molecule has 1 atom stereocenters. The molecule has 0 saturated carbocycles. The number of hydrogen-bond acceptors (Lipinski definition) is 3. The predicted octanol–water partition coefficient (Wildman–Crippen LogP) is 3.15. The Morgan fingerprint density at radius 3 is 2.60 bits per heavy atom.